The number of ether oxygens (including phenoxy) is 1. The lowest BCUT2D eigenvalue weighted by Gasteiger charge is -2.35. The number of aliphatic imine (C=N–C) groups is 1. The van der Waals surface area contributed by atoms with Crippen LogP contribution < -0.4 is 0 Å². The first kappa shape index (κ1) is 26.4. The Balaban J connectivity index is 1.50. The Morgan fingerprint density at radius 3 is 2.32 bits per heavy atom. The van der Waals surface area contributed by atoms with E-state index in [1.807, 2.05) is 56.5 Å². The third-order valence-electron chi connectivity index (χ3n) is 6.26. The molecule has 1 fully saturated rings. The van der Waals surface area contributed by atoms with Crippen LogP contribution in [-0.4, -0.2) is 77.9 Å². The third kappa shape index (κ3) is 5.32. The smallest absolute Gasteiger partial charge is 0.286 e. The van der Waals surface area contributed by atoms with E-state index in [1.54, 1.807) is 28.9 Å². The van der Waals surface area contributed by atoms with Crippen LogP contribution in [0.5, 0.6) is 0 Å². The highest BCUT2D eigenvalue weighted by molar-refractivity contribution is 8.18. The van der Waals surface area contributed by atoms with Crippen molar-refractivity contribution in [2.24, 2.45) is 4.99 Å². The molecule has 2 aliphatic heterocycles. The molecule has 1 aromatic heterocycles. The normalized spacial score (nSPS) is 21.4. The van der Waals surface area contributed by atoms with E-state index in [-0.39, 0.29) is 23.0 Å². The number of nitrogens with zero attached hydrogens (tertiary/aromatic N) is 5. The number of para-hydroxylation sites is 1. The lowest BCUT2D eigenvalue weighted by molar-refractivity contribution is -0.113. The average Bonchev–Trinajstić information content (AvgIpc) is 3.48. The fourth-order valence-corrected chi connectivity index (χ4v) is 6.26. The minimum atomic E-state index is -3.56. The van der Waals surface area contributed by atoms with Gasteiger partial charge in [-0.2, -0.15) is 10.1 Å². The summed E-state index contributed by atoms with van der Waals surface area (Å²) in [6, 6.07) is 16.3. The van der Waals surface area contributed by atoms with Gasteiger partial charge >= 0.3 is 0 Å². The first-order chi connectivity index (χ1) is 18.1. The number of amides is 1. The molecule has 38 heavy (non-hydrogen) atoms. The monoisotopic (exact) mass is 551 g/mol. The quantitative estimate of drug-likeness (QED) is 0.444. The number of morpholine rings is 1. The summed E-state index contributed by atoms with van der Waals surface area (Å²) in [5.41, 5.74) is 2.96. The molecule has 1 saturated heterocycles. The molecule has 198 valence electrons. The predicted molar refractivity (Wildman–Crippen MR) is 149 cm³/mol. The molecule has 2 aliphatic rings. The van der Waals surface area contributed by atoms with Crippen molar-refractivity contribution in [3.63, 3.8) is 0 Å². The second kappa shape index (κ2) is 10.5. The standard InChI is InChI=1S/C27H29N5O4S2/c1-18-15-31(16-19(2)36-18)27-28-26(33)24(37-27)14-21-17-32(22-8-6-5-7-9-22)29-25(21)20-10-12-23(13-11-20)38(34,35)30(3)4/h5-14,17-19H,15-16H2,1-4H3. The first-order valence-corrected chi connectivity index (χ1v) is 14.5. The van der Waals surface area contributed by atoms with Crippen LogP contribution in [0.2, 0.25) is 0 Å². The van der Waals surface area contributed by atoms with Crippen LogP contribution in [0.25, 0.3) is 23.0 Å². The van der Waals surface area contributed by atoms with E-state index in [0.717, 1.165) is 16.8 Å². The van der Waals surface area contributed by atoms with Crippen LogP contribution in [0.3, 0.4) is 0 Å². The van der Waals surface area contributed by atoms with Gasteiger partial charge in [0.1, 0.15) is 0 Å². The zero-order chi connectivity index (χ0) is 27.0. The second-order valence-corrected chi connectivity index (χ2v) is 12.7. The number of aromatic nitrogens is 2. The van der Waals surface area contributed by atoms with Gasteiger partial charge in [0.2, 0.25) is 10.0 Å². The van der Waals surface area contributed by atoms with E-state index in [2.05, 4.69) is 9.89 Å². The van der Waals surface area contributed by atoms with E-state index in [1.165, 1.54) is 30.2 Å². The maximum Gasteiger partial charge on any atom is 0.286 e. The lowest BCUT2D eigenvalue weighted by Crippen LogP contribution is -2.47. The van der Waals surface area contributed by atoms with Gasteiger partial charge in [-0.05, 0) is 56.0 Å². The molecule has 0 bridgehead atoms. The highest BCUT2D eigenvalue weighted by atomic mass is 32.2. The van der Waals surface area contributed by atoms with Crippen molar-refractivity contribution in [1.82, 2.24) is 19.0 Å². The molecule has 1 amide bonds. The van der Waals surface area contributed by atoms with Crippen molar-refractivity contribution >= 4 is 38.9 Å². The second-order valence-electron chi connectivity index (χ2n) is 9.50. The SMILES string of the molecule is CC1CN(C2=NC(=O)C(=Cc3cn(-c4ccccc4)nc3-c3ccc(S(=O)(=O)N(C)C)cc3)S2)CC(C)O1. The van der Waals surface area contributed by atoms with E-state index < -0.39 is 10.0 Å². The molecule has 11 heteroatoms. The number of hydrogen-bond acceptors (Lipinski definition) is 7. The van der Waals surface area contributed by atoms with Crippen molar-refractivity contribution in [2.75, 3.05) is 27.2 Å². The predicted octanol–water partition coefficient (Wildman–Crippen LogP) is 3.87. The van der Waals surface area contributed by atoms with Gasteiger partial charge in [-0.25, -0.2) is 17.4 Å². The molecule has 0 spiro atoms. The van der Waals surface area contributed by atoms with Gasteiger partial charge in [-0.1, -0.05) is 30.3 Å². The van der Waals surface area contributed by atoms with Crippen molar-refractivity contribution in [3.8, 4) is 16.9 Å². The molecule has 0 N–H and O–H groups in total. The number of carbonyl (C=O) groups excluding carboxylic acids is 1. The Labute approximate surface area is 226 Å². The molecule has 0 saturated carbocycles. The van der Waals surface area contributed by atoms with Gasteiger partial charge < -0.3 is 9.64 Å². The van der Waals surface area contributed by atoms with Gasteiger partial charge in [0.25, 0.3) is 5.91 Å². The Hall–Kier alpha value is -3.25. The summed E-state index contributed by atoms with van der Waals surface area (Å²) in [4.78, 5) is 20.0. The highest BCUT2D eigenvalue weighted by Gasteiger charge is 2.31. The molecule has 5 rings (SSSR count). The first-order valence-electron chi connectivity index (χ1n) is 12.2. The van der Waals surface area contributed by atoms with E-state index in [0.29, 0.717) is 28.9 Å². The molecule has 3 heterocycles. The number of benzene rings is 2. The maximum absolute atomic E-state index is 12.9. The van der Waals surface area contributed by atoms with Crippen LogP contribution in [0.15, 0.2) is 75.6 Å². The number of sulfonamides is 1. The molecule has 3 aromatic rings. The van der Waals surface area contributed by atoms with Gasteiger partial charge in [-0.15, -0.1) is 0 Å². The van der Waals surface area contributed by atoms with Crippen molar-refractivity contribution in [3.05, 3.63) is 71.3 Å². The molecule has 2 atom stereocenters. The van der Waals surface area contributed by atoms with Gasteiger partial charge in [-0.3, -0.25) is 4.79 Å². The fraction of sp³-hybridized carbons (Fsp3) is 0.296. The average molecular weight is 552 g/mol. The topological polar surface area (TPSA) is 97.1 Å². The van der Waals surface area contributed by atoms with Crippen molar-refractivity contribution in [2.45, 2.75) is 31.0 Å². The summed E-state index contributed by atoms with van der Waals surface area (Å²) in [6.45, 7) is 5.38. The Kier molecular flexibility index (Phi) is 7.28. The van der Waals surface area contributed by atoms with Gasteiger partial charge in [0.05, 0.1) is 33.4 Å². The van der Waals surface area contributed by atoms with E-state index in [9.17, 15) is 13.2 Å². The largest absolute Gasteiger partial charge is 0.372 e. The zero-order valence-electron chi connectivity index (χ0n) is 21.6. The number of rotatable bonds is 5. The Bertz CT molecular complexity index is 1500. The number of carbonyl (C=O) groups is 1. The fourth-order valence-electron chi connectivity index (χ4n) is 4.43. The minimum absolute atomic E-state index is 0.0557. The van der Waals surface area contributed by atoms with E-state index >= 15 is 0 Å². The summed E-state index contributed by atoms with van der Waals surface area (Å²) >= 11 is 1.35. The minimum Gasteiger partial charge on any atom is -0.372 e. The van der Waals surface area contributed by atoms with Gasteiger partial charge in [0, 0.05) is 44.5 Å². The van der Waals surface area contributed by atoms with Crippen LogP contribution >= 0.6 is 11.8 Å². The zero-order valence-corrected chi connectivity index (χ0v) is 23.2. The number of hydrogen-bond donors (Lipinski definition) is 0. The molecule has 2 aromatic carbocycles. The molecular formula is C27H29N5O4S2. The third-order valence-corrected chi connectivity index (χ3v) is 9.13. The Morgan fingerprint density at radius 1 is 1.03 bits per heavy atom. The number of amidine groups is 1. The summed E-state index contributed by atoms with van der Waals surface area (Å²) < 4.78 is 33.8. The van der Waals surface area contributed by atoms with Crippen LogP contribution in [0.1, 0.15) is 19.4 Å². The van der Waals surface area contributed by atoms with E-state index in [4.69, 9.17) is 9.84 Å². The molecule has 9 nitrogen and oxygen atoms in total. The summed E-state index contributed by atoms with van der Waals surface area (Å²) in [7, 11) is -0.556. The van der Waals surface area contributed by atoms with Gasteiger partial charge in [0.15, 0.2) is 5.17 Å². The Morgan fingerprint density at radius 2 is 1.68 bits per heavy atom. The summed E-state index contributed by atoms with van der Waals surface area (Å²) in [6.07, 6.45) is 3.79. The molecule has 0 radical (unpaired) electrons. The van der Waals surface area contributed by atoms with Crippen molar-refractivity contribution in [1.29, 1.82) is 0 Å². The molecule has 0 aliphatic carbocycles. The molecule has 2 unspecified atom stereocenters. The lowest BCUT2D eigenvalue weighted by atomic mass is 10.1. The van der Waals surface area contributed by atoms with Crippen molar-refractivity contribution < 1.29 is 17.9 Å². The summed E-state index contributed by atoms with van der Waals surface area (Å²) in [5.74, 6) is -0.289. The molecular weight excluding hydrogens is 522 g/mol. The number of thioether (sulfide) groups is 1. The van der Waals surface area contributed by atoms with Crippen LogP contribution in [0.4, 0.5) is 0 Å². The summed E-state index contributed by atoms with van der Waals surface area (Å²) in [5, 5.41) is 5.48. The maximum atomic E-state index is 12.9. The van der Waals surface area contributed by atoms with Crippen LogP contribution in [-0.2, 0) is 19.6 Å². The van der Waals surface area contributed by atoms with Crippen LogP contribution in [0, 0.1) is 0 Å². The highest BCUT2D eigenvalue weighted by Crippen LogP contribution is 2.34.